The zero-order valence-corrected chi connectivity index (χ0v) is 17.8. The first-order chi connectivity index (χ1) is 13.7. The van der Waals surface area contributed by atoms with E-state index in [2.05, 4.69) is 28.4 Å². The van der Waals surface area contributed by atoms with E-state index in [4.69, 9.17) is 0 Å². The summed E-state index contributed by atoms with van der Waals surface area (Å²) in [6.07, 6.45) is 2.40. The molecule has 2 bridgehead atoms. The van der Waals surface area contributed by atoms with Gasteiger partial charge in [-0.15, -0.1) is 23.7 Å². The molecule has 1 atom stereocenters. The molecule has 3 saturated heterocycles. The number of fused-ring (bicyclic) bond motifs is 4. The van der Waals surface area contributed by atoms with E-state index in [-0.39, 0.29) is 31.0 Å². The van der Waals surface area contributed by atoms with Crippen LogP contribution < -0.4 is 5.32 Å². The van der Waals surface area contributed by atoms with Crippen LogP contribution in [0.5, 0.6) is 0 Å². The zero-order chi connectivity index (χ0) is 19.1. The Bertz CT molecular complexity index is 1030. The molecule has 0 saturated carbocycles. The third-order valence-electron chi connectivity index (χ3n) is 6.22. The summed E-state index contributed by atoms with van der Waals surface area (Å²) in [5.74, 6) is 0.683. The van der Waals surface area contributed by atoms with E-state index in [0.717, 1.165) is 38.2 Å². The molecule has 6 rings (SSSR count). The van der Waals surface area contributed by atoms with Crippen LogP contribution in [0.15, 0.2) is 48.5 Å². The number of aliphatic hydroxyl groups is 1. The first-order valence-electron chi connectivity index (χ1n) is 9.97. The highest BCUT2D eigenvalue weighted by Gasteiger charge is 2.35. The molecule has 0 spiro atoms. The molecule has 1 amide bonds. The van der Waals surface area contributed by atoms with Gasteiger partial charge in [0.25, 0.3) is 5.91 Å². The van der Waals surface area contributed by atoms with Crippen molar-refractivity contribution < 1.29 is 9.90 Å². The van der Waals surface area contributed by atoms with Crippen molar-refractivity contribution >= 4 is 39.7 Å². The second-order valence-corrected chi connectivity index (χ2v) is 8.98. The van der Waals surface area contributed by atoms with E-state index in [9.17, 15) is 9.90 Å². The molecule has 2 N–H and O–H groups in total. The Morgan fingerprint density at radius 3 is 2.66 bits per heavy atom. The summed E-state index contributed by atoms with van der Waals surface area (Å²) in [4.78, 5) is 16.1. The summed E-state index contributed by atoms with van der Waals surface area (Å²) in [5.41, 5.74) is 3.03. The van der Waals surface area contributed by atoms with E-state index in [1.165, 1.54) is 25.9 Å². The Hall–Kier alpha value is -1.92. The highest BCUT2D eigenvalue weighted by molar-refractivity contribution is 7.20. The Balaban J connectivity index is 0.00000205. The zero-order valence-electron chi connectivity index (χ0n) is 16.1. The van der Waals surface area contributed by atoms with Gasteiger partial charge in [0.1, 0.15) is 0 Å². The number of hydrogen-bond donors (Lipinski definition) is 2. The Labute approximate surface area is 181 Å². The van der Waals surface area contributed by atoms with Crippen molar-refractivity contribution in [3.8, 4) is 11.1 Å². The molecule has 3 aliphatic rings. The average Bonchev–Trinajstić information content (AvgIpc) is 3.18. The summed E-state index contributed by atoms with van der Waals surface area (Å²) in [6.45, 7) is 3.37. The molecule has 4 nitrogen and oxygen atoms in total. The Kier molecular flexibility index (Phi) is 5.93. The van der Waals surface area contributed by atoms with Gasteiger partial charge in [-0.25, -0.2) is 0 Å². The first kappa shape index (κ1) is 20.4. The lowest BCUT2D eigenvalue weighted by Crippen LogP contribution is -2.57. The number of carbonyl (C=O) groups excluding carboxylic acids is 1. The molecule has 3 aromatic rings. The molecule has 4 heterocycles. The number of halogens is 1. The molecule has 29 heavy (non-hydrogen) atoms. The van der Waals surface area contributed by atoms with Crippen LogP contribution in [0.25, 0.3) is 21.2 Å². The van der Waals surface area contributed by atoms with Crippen molar-refractivity contribution in [2.24, 2.45) is 5.92 Å². The van der Waals surface area contributed by atoms with Gasteiger partial charge >= 0.3 is 0 Å². The number of nitrogens with zero attached hydrogens (tertiary/aromatic N) is 1. The minimum atomic E-state index is 0. The topological polar surface area (TPSA) is 52.6 Å². The van der Waals surface area contributed by atoms with Gasteiger partial charge in [0, 0.05) is 17.3 Å². The molecule has 0 unspecified atom stereocenters. The number of benzene rings is 2. The second kappa shape index (κ2) is 8.44. The van der Waals surface area contributed by atoms with Gasteiger partial charge in [-0.05, 0) is 66.1 Å². The van der Waals surface area contributed by atoms with Crippen molar-refractivity contribution in [2.45, 2.75) is 25.5 Å². The van der Waals surface area contributed by atoms with Crippen LogP contribution >= 0.6 is 23.7 Å². The average molecular weight is 429 g/mol. The predicted molar refractivity (Wildman–Crippen MR) is 121 cm³/mol. The van der Waals surface area contributed by atoms with Crippen LogP contribution in [0.2, 0.25) is 0 Å². The van der Waals surface area contributed by atoms with Gasteiger partial charge < -0.3 is 15.3 Å². The fourth-order valence-electron chi connectivity index (χ4n) is 4.62. The molecule has 0 aliphatic carbocycles. The highest BCUT2D eigenvalue weighted by atomic mass is 35.5. The SMILES string of the molecule is Cl.O=C(N[C@H]1CN2CCC1CC2)c1cc2ccc(-c3ccccc3CO)cc2s1. The molecule has 6 heteroatoms. The summed E-state index contributed by atoms with van der Waals surface area (Å²) in [5, 5.41) is 14.0. The lowest BCUT2D eigenvalue weighted by molar-refractivity contribution is 0.0622. The van der Waals surface area contributed by atoms with Crippen molar-refractivity contribution in [2.75, 3.05) is 19.6 Å². The van der Waals surface area contributed by atoms with Gasteiger partial charge in [-0.1, -0.05) is 36.4 Å². The van der Waals surface area contributed by atoms with E-state index in [0.29, 0.717) is 5.92 Å². The van der Waals surface area contributed by atoms with Crippen molar-refractivity contribution in [3.05, 3.63) is 59.0 Å². The van der Waals surface area contributed by atoms with E-state index < -0.39 is 0 Å². The standard InChI is InChI=1S/C23H24N2O2S.ClH/c26-14-18-3-1-2-4-19(18)16-5-6-17-12-22(28-21(17)11-16)23(27)24-20-13-25-9-7-15(20)8-10-25;/h1-6,11-12,15,20,26H,7-10,13-14H2,(H,24,27);1H/t20-;/m0./s1. The fourth-order valence-corrected chi connectivity index (χ4v) is 5.62. The van der Waals surface area contributed by atoms with E-state index in [1.807, 2.05) is 30.3 Å². The van der Waals surface area contributed by atoms with Crippen LogP contribution in [0.4, 0.5) is 0 Å². The molecule has 3 aliphatic heterocycles. The van der Waals surface area contributed by atoms with Gasteiger partial charge in [0.15, 0.2) is 0 Å². The van der Waals surface area contributed by atoms with Gasteiger partial charge in [-0.3, -0.25) is 4.79 Å². The summed E-state index contributed by atoms with van der Waals surface area (Å²) < 4.78 is 1.10. The number of amides is 1. The smallest absolute Gasteiger partial charge is 0.261 e. The van der Waals surface area contributed by atoms with Crippen LogP contribution in [0.3, 0.4) is 0 Å². The minimum absolute atomic E-state index is 0. The number of piperidine rings is 3. The van der Waals surface area contributed by atoms with Crippen molar-refractivity contribution in [3.63, 3.8) is 0 Å². The van der Waals surface area contributed by atoms with Crippen LogP contribution in [-0.4, -0.2) is 41.6 Å². The maximum Gasteiger partial charge on any atom is 0.261 e. The third-order valence-corrected chi connectivity index (χ3v) is 7.31. The highest BCUT2D eigenvalue weighted by Crippen LogP contribution is 2.33. The van der Waals surface area contributed by atoms with Crippen LogP contribution in [0, 0.1) is 5.92 Å². The predicted octanol–water partition coefficient (Wildman–Crippen LogP) is 4.31. The van der Waals surface area contributed by atoms with Gasteiger partial charge in [0.2, 0.25) is 0 Å². The molecule has 0 radical (unpaired) electrons. The number of nitrogens with one attached hydrogen (secondary N) is 1. The molecule has 2 aromatic carbocycles. The molecular weight excluding hydrogens is 404 g/mol. The maximum atomic E-state index is 12.9. The third kappa shape index (κ3) is 3.92. The Morgan fingerprint density at radius 1 is 1.14 bits per heavy atom. The van der Waals surface area contributed by atoms with Crippen LogP contribution in [0.1, 0.15) is 28.1 Å². The molecular formula is C23H25ClN2O2S. The van der Waals surface area contributed by atoms with Crippen molar-refractivity contribution in [1.82, 2.24) is 10.2 Å². The second-order valence-electron chi connectivity index (χ2n) is 7.90. The molecule has 1 aromatic heterocycles. The fraction of sp³-hybridized carbons (Fsp3) is 0.348. The monoisotopic (exact) mass is 428 g/mol. The number of rotatable bonds is 4. The number of aliphatic hydroxyl groups excluding tert-OH is 1. The number of carbonyl (C=O) groups is 1. The lowest BCUT2D eigenvalue weighted by atomic mass is 9.84. The van der Waals surface area contributed by atoms with Gasteiger partial charge in [-0.2, -0.15) is 0 Å². The van der Waals surface area contributed by atoms with Gasteiger partial charge in [0.05, 0.1) is 11.5 Å². The summed E-state index contributed by atoms with van der Waals surface area (Å²) in [6, 6.07) is 16.4. The Morgan fingerprint density at radius 2 is 1.93 bits per heavy atom. The largest absolute Gasteiger partial charge is 0.392 e. The molecule has 152 valence electrons. The number of thiophene rings is 1. The normalized spacial score (nSPS) is 23.0. The van der Waals surface area contributed by atoms with E-state index >= 15 is 0 Å². The summed E-state index contributed by atoms with van der Waals surface area (Å²) in [7, 11) is 0. The maximum absolute atomic E-state index is 12.9. The first-order valence-corrected chi connectivity index (χ1v) is 10.8. The number of hydrogen-bond acceptors (Lipinski definition) is 4. The van der Waals surface area contributed by atoms with E-state index in [1.54, 1.807) is 11.3 Å². The lowest BCUT2D eigenvalue weighted by Gasteiger charge is -2.44. The van der Waals surface area contributed by atoms with Crippen LogP contribution in [-0.2, 0) is 6.61 Å². The minimum Gasteiger partial charge on any atom is -0.392 e. The quantitative estimate of drug-likeness (QED) is 0.651. The summed E-state index contributed by atoms with van der Waals surface area (Å²) >= 11 is 1.55. The van der Waals surface area contributed by atoms with Crippen molar-refractivity contribution in [1.29, 1.82) is 0 Å². The molecule has 3 fully saturated rings.